The molecule has 0 aromatic heterocycles. The Morgan fingerprint density at radius 1 is 1.20 bits per heavy atom. The standard InChI is InChI=1S/C17H16N4O4/c1-12-5-4-7-13(9-12)17(23)18-11-16(22)20-19-10-14-6-2-3-8-15(14)21(24)25/h2-10H,11H2,1H3,(H,18,23)(H,20,22). The zero-order chi connectivity index (χ0) is 18.2. The van der Waals surface area contributed by atoms with Gasteiger partial charge < -0.3 is 5.32 Å². The van der Waals surface area contributed by atoms with E-state index in [-0.39, 0.29) is 23.7 Å². The van der Waals surface area contributed by atoms with Crippen LogP contribution in [0, 0.1) is 17.0 Å². The van der Waals surface area contributed by atoms with E-state index in [2.05, 4.69) is 15.8 Å². The smallest absolute Gasteiger partial charge is 0.278 e. The third kappa shape index (κ3) is 5.24. The maximum atomic E-state index is 11.9. The van der Waals surface area contributed by atoms with Crippen molar-refractivity contribution in [2.24, 2.45) is 5.10 Å². The molecule has 0 aliphatic heterocycles. The molecule has 0 spiro atoms. The number of para-hydroxylation sites is 1. The summed E-state index contributed by atoms with van der Waals surface area (Å²) in [4.78, 5) is 33.9. The van der Waals surface area contributed by atoms with Crippen LogP contribution < -0.4 is 10.7 Å². The molecule has 2 aromatic rings. The van der Waals surface area contributed by atoms with Crippen LogP contribution >= 0.6 is 0 Å². The number of hydrogen-bond acceptors (Lipinski definition) is 5. The first-order valence-corrected chi connectivity index (χ1v) is 7.37. The summed E-state index contributed by atoms with van der Waals surface area (Å²) < 4.78 is 0. The molecule has 0 fully saturated rings. The highest BCUT2D eigenvalue weighted by Gasteiger charge is 2.10. The Hall–Kier alpha value is -3.55. The summed E-state index contributed by atoms with van der Waals surface area (Å²) >= 11 is 0. The number of nitro benzene ring substituents is 1. The molecule has 0 saturated heterocycles. The van der Waals surface area contributed by atoms with E-state index in [1.807, 2.05) is 13.0 Å². The Labute approximate surface area is 143 Å². The predicted molar refractivity (Wildman–Crippen MR) is 92.3 cm³/mol. The van der Waals surface area contributed by atoms with E-state index in [1.165, 1.54) is 24.4 Å². The molecule has 8 heteroatoms. The second kappa shape index (κ2) is 8.34. The van der Waals surface area contributed by atoms with Gasteiger partial charge in [-0.25, -0.2) is 5.43 Å². The van der Waals surface area contributed by atoms with Crippen molar-refractivity contribution in [2.75, 3.05) is 6.54 Å². The van der Waals surface area contributed by atoms with Crippen molar-refractivity contribution in [3.8, 4) is 0 Å². The maximum Gasteiger partial charge on any atom is 0.278 e. The topological polar surface area (TPSA) is 114 Å². The quantitative estimate of drug-likeness (QED) is 0.474. The number of amides is 2. The zero-order valence-corrected chi connectivity index (χ0v) is 13.4. The Kier molecular flexibility index (Phi) is 5.94. The van der Waals surface area contributed by atoms with Gasteiger partial charge in [-0.05, 0) is 25.1 Å². The van der Waals surface area contributed by atoms with E-state index >= 15 is 0 Å². The van der Waals surface area contributed by atoms with Crippen LogP contribution in [0.3, 0.4) is 0 Å². The van der Waals surface area contributed by atoms with Crippen molar-refractivity contribution in [3.63, 3.8) is 0 Å². The third-order valence-corrected chi connectivity index (χ3v) is 3.22. The summed E-state index contributed by atoms with van der Waals surface area (Å²) in [5.41, 5.74) is 3.74. The largest absolute Gasteiger partial charge is 0.343 e. The minimum Gasteiger partial charge on any atom is -0.343 e. The van der Waals surface area contributed by atoms with E-state index in [4.69, 9.17) is 0 Å². The van der Waals surface area contributed by atoms with E-state index < -0.39 is 10.8 Å². The number of benzene rings is 2. The number of rotatable bonds is 6. The van der Waals surface area contributed by atoms with Gasteiger partial charge in [-0.2, -0.15) is 5.10 Å². The van der Waals surface area contributed by atoms with Gasteiger partial charge in [0.05, 0.1) is 23.2 Å². The summed E-state index contributed by atoms with van der Waals surface area (Å²) in [5, 5.41) is 17.0. The predicted octanol–water partition coefficient (Wildman–Crippen LogP) is 1.78. The summed E-state index contributed by atoms with van der Waals surface area (Å²) in [5.74, 6) is -0.919. The number of aryl methyl sites for hydroxylation is 1. The fourth-order valence-corrected chi connectivity index (χ4v) is 2.03. The van der Waals surface area contributed by atoms with Crippen molar-refractivity contribution in [1.29, 1.82) is 0 Å². The molecule has 0 atom stereocenters. The second-order valence-electron chi connectivity index (χ2n) is 5.16. The van der Waals surface area contributed by atoms with Crippen LogP contribution in [-0.4, -0.2) is 29.5 Å². The van der Waals surface area contributed by atoms with Gasteiger partial charge in [0.25, 0.3) is 17.5 Å². The number of nitrogens with zero attached hydrogens (tertiary/aromatic N) is 2. The monoisotopic (exact) mass is 340 g/mol. The highest BCUT2D eigenvalue weighted by atomic mass is 16.6. The van der Waals surface area contributed by atoms with Crippen LogP contribution in [0.2, 0.25) is 0 Å². The number of carbonyl (C=O) groups is 2. The molecule has 0 bridgehead atoms. The van der Waals surface area contributed by atoms with Gasteiger partial charge in [0.1, 0.15) is 0 Å². The summed E-state index contributed by atoms with van der Waals surface area (Å²) in [7, 11) is 0. The Bertz CT molecular complexity index is 833. The van der Waals surface area contributed by atoms with Gasteiger partial charge in [-0.15, -0.1) is 0 Å². The Morgan fingerprint density at radius 3 is 2.68 bits per heavy atom. The molecular formula is C17H16N4O4. The summed E-state index contributed by atoms with van der Waals surface area (Å²) in [6.45, 7) is 1.60. The molecular weight excluding hydrogens is 324 g/mol. The van der Waals surface area contributed by atoms with Crippen molar-refractivity contribution in [3.05, 3.63) is 75.3 Å². The van der Waals surface area contributed by atoms with Crippen molar-refractivity contribution in [2.45, 2.75) is 6.92 Å². The number of carbonyl (C=O) groups excluding carboxylic acids is 2. The molecule has 8 nitrogen and oxygen atoms in total. The normalized spacial score (nSPS) is 10.4. The van der Waals surface area contributed by atoms with Gasteiger partial charge in [0.2, 0.25) is 0 Å². The summed E-state index contributed by atoms with van der Waals surface area (Å²) in [6.07, 6.45) is 1.18. The fraction of sp³-hybridized carbons (Fsp3) is 0.118. The van der Waals surface area contributed by atoms with E-state index in [0.29, 0.717) is 5.56 Å². The molecule has 0 saturated carbocycles. The minimum atomic E-state index is -0.546. The summed E-state index contributed by atoms with van der Waals surface area (Å²) in [6, 6.07) is 13.0. The molecule has 2 aromatic carbocycles. The average Bonchev–Trinajstić information content (AvgIpc) is 2.60. The molecule has 0 radical (unpaired) electrons. The van der Waals surface area contributed by atoms with E-state index in [0.717, 1.165) is 5.56 Å². The van der Waals surface area contributed by atoms with Crippen molar-refractivity contribution >= 4 is 23.7 Å². The fourth-order valence-electron chi connectivity index (χ4n) is 2.03. The van der Waals surface area contributed by atoms with Crippen molar-refractivity contribution < 1.29 is 14.5 Å². The zero-order valence-electron chi connectivity index (χ0n) is 13.4. The maximum absolute atomic E-state index is 11.9. The lowest BCUT2D eigenvalue weighted by atomic mass is 10.1. The molecule has 2 amide bonds. The van der Waals surface area contributed by atoms with Crippen LogP contribution in [0.4, 0.5) is 5.69 Å². The first-order chi connectivity index (χ1) is 12.0. The Balaban J connectivity index is 1.87. The highest BCUT2D eigenvalue weighted by Crippen LogP contribution is 2.14. The lowest BCUT2D eigenvalue weighted by molar-refractivity contribution is -0.385. The molecule has 128 valence electrons. The van der Waals surface area contributed by atoms with Crippen molar-refractivity contribution in [1.82, 2.24) is 10.7 Å². The molecule has 0 heterocycles. The first-order valence-electron chi connectivity index (χ1n) is 7.37. The molecule has 2 N–H and O–H groups in total. The van der Waals surface area contributed by atoms with Gasteiger partial charge in [-0.1, -0.05) is 29.8 Å². The Morgan fingerprint density at radius 2 is 1.96 bits per heavy atom. The molecule has 2 rings (SSSR count). The number of hydrazone groups is 1. The van der Waals surface area contributed by atoms with Gasteiger partial charge >= 0.3 is 0 Å². The molecule has 0 unspecified atom stereocenters. The van der Waals surface area contributed by atoms with Crippen LogP contribution in [0.15, 0.2) is 53.6 Å². The average molecular weight is 340 g/mol. The third-order valence-electron chi connectivity index (χ3n) is 3.22. The molecule has 0 aliphatic carbocycles. The SMILES string of the molecule is Cc1cccc(C(=O)NCC(=O)NN=Cc2ccccc2[N+](=O)[O-])c1. The van der Waals surface area contributed by atoms with E-state index in [1.54, 1.807) is 24.3 Å². The lowest BCUT2D eigenvalue weighted by Crippen LogP contribution is -2.34. The van der Waals surface area contributed by atoms with Crippen LogP contribution in [0.5, 0.6) is 0 Å². The second-order valence-corrected chi connectivity index (χ2v) is 5.16. The number of nitro groups is 1. The van der Waals surface area contributed by atoms with Crippen LogP contribution in [0.1, 0.15) is 21.5 Å². The highest BCUT2D eigenvalue weighted by molar-refractivity contribution is 5.96. The number of nitrogens with one attached hydrogen (secondary N) is 2. The van der Waals surface area contributed by atoms with Gasteiger partial charge in [0.15, 0.2) is 0 Å². The lowest BCUT2D eigenvalue weighted by Gasteiger charge is -2.05. The van der Waals surface area contributed by atoms with Crippen LogP contribution in [0.25, 0.3) is 0 Å². The molecule has 0 aliphatic rings. The van der Waals surface area contributed by atoms with Crippen LogP contribution in [-0.2, 0) is 4.79 Å². The van der Waals surface area contributed by atoms with E-state index in [9.17, 15) is 19.7 Å². The first kappa shape index (κ1) is 17.8. The van der Waals surface area contributed by atoms with Gasteiger partial charge in [0, 0.05) is 11.6 Å². The minimum absolute atomic E-state index is 0.117. The van der Waals surface area contributed by atoms with Gasteiger partial charge in [-0.3, -0.25) is 19.7 Å². The molecule has 25 heavy (non-hydrogen) atoms. The number of hydrogen-bond donors (Lipinski definition) is 2.